The van der Waals surface area contributed by atoms with Crippen molar-refractivity contribution in [2.75, 3.05) is 0 Å². The third-order valence-corrected chi connectivity index (χ3v) is 18.0. The van der Waals surface area contributed by atoms with E-state index in [-0.39, 0.29) is 43.3 Å². The zero-order chi connectivity index (χ0) is 46.3. The lowest BCUT2D eigenvalue weighted by Crippen LogP contribution is -2.71. The van der Waals surface area contributed by atoms with Gasteiger partial charge in [0.05, 0.1) is 0 Å². The largest absolute Gasteiger partial charge is 0.0622 e. The Bertz CT molecular complexity index is 2960. The molecule has 8 fully saturated rings. The lowest BCUT2D eigenvalue weighted by atomic mass is 9.24. The average Bonchev–Trinajstić information content (AvgIpc) is 3.30. The zero-order valence-electron chi connectivity index (χ0n) is 40.5. The van der Waals surface area contributed by atoms with Crippen molar-refractivity contribution in [3.8, 4) is 47.4 Å². The van der Waals surface area contributed by atoms with Gasteiger partial charge in [0.1, 0.15) is 0 Å². The Morgan fingerprint density at radius 3 is 0.853 bits per heavy atom. The molecule has 8 saturated carbocycles. The summed E-state index contributed by atoms with van der Waals surface area (Å²) in [4.78, 5) is 0. The minimum atomic E-state index is 0.0496. The fourth-order valence-electron chi connectivity index (χ4n) is 18.1. The summed E-state index contributed by atoms with van der Waals surface area (Å²) in [5.74, 6) is 28.9. The molecule has 0 N–H and O–H groups in total. The van der Waals surface area contributed by atoms with E-state index in [1.807, 2.05) is 0 Å². The Labute approximate surface area is 406 Å². The first kappa shape index (κ1) is 42.9. The highest BCUT2D eigenvalue weighted by Crippen LogP contribution is 2.85. The molecule has 4 atom stereocenters. The summed E-state index contributed by atoms with van der Waals surface area (Å²) in [6.07, 6.45) is 15.5. The molecule has 0 heterocycles. The predicted octanol–water partition coefficient (Wildman–Crippen LogP) is 15.2. The fraction of sp³-hybridized carbons (Fsp3) is 0.353. The summed E-state index contributed by atoms with van der Waals surface area (Å²) in [6.45, 7) is 10.8. The summed E-state index contributed by atoms with van der Waals surface area (Å²) in [5, 5.41) is 0. The van der Waals surface area contributed by atoms with Crippen molar-refractivity contribution in [1.29, 1.82) is 0 Å². The average molecular weight is 879 g/mol. The van der Waals surface area contributed by atoms with E-state index in [4.69, 9.17) is 0 Å². The van der Waals surface area contributed by atoms with Crippen molar-refractivity contribution in [3.05, 3.63) is 213 Å². The first-order valence-corrected chi connectivity index (χ1v) is 25.4. The second kappa shape index (κ2) is 15.5. The predicted molar refractivity (Wildman–Crippen MR) is 279 cm³/mol. The highest BCUT2D eigenvalue weighted by atomic mass is 14.8. The Hall–Kier alpha value is -6.44. The van der Waals surface area contributed by atoms with Crippen molar-refractivity contribution in [2.45, 2.75) is 116 Å². The monoisotopic (exact) mass is 878 g/mol. The van der Waals surface area contributed by atoms with Gasteiger partial charge < -0.3 is 0 Å². The molecule has 0 aromatic heterocycles. The lowest BCUT2D eigenvalue weighted by Gasteiger charge is -2.80. The minimum Gasteiger partial charge on any atom is -0.0622 e. The maximum atomic E-state index is 3.82. The molecular weight excluding hydrogens is 817 g/mol. The van der Waals surface area contributed by atoms with E-state index in [0.717, 1.165) is 33.4 Å². The van der Waals surface area contributed by atoms with E-state index in [0.29, 0.717) is 0 Å². The third kappa shape index (κ3) is 7.54. The number of hydrogen-bond acceptors (Lipinski definition) is 0. The normalized spacial score (nSPS) is 33.2. The zero-order valence-corrected chi connectivity index (χ0v) is 40.5. The van der Waals surface area contributed by atoms with Crippen molar-refractivity contribution >= 4 is 0 Å². The summed E-state index contributed by atoms with van der Waals surface area (Å²) < 4.78 is 0. The maximum Gasteiger partial charge on any atom is 0.0299 e. The number of rotatable bonds is 3. The molecule has 0 heteroatoms. The molecule has 6 aromatic carbocycles. The molecule has 8 aliphatic rings. The van der Waals surface area contributed by atoms with Gasteiger partial charge in [-0.25, -0.2) is 0 Å². The van der Waals surface area contributed by atoms with Crippen LogP contribution in [0.2, 0.25) is 0 Å². The van der Waals surface area contributed by atoms with E-state index in [9.17, 15) is 0 Å². The van der Waals surface area contributed by atoms with E-state index in [1.165, 1.54) is 99.3 Å². The molecule has 68 heavy (non-hydrogen) atoms. The van der Waals surface area contributed by atoms with Crippen LogP contribution in [0.25, 0.3) is 0 Å². The number of benzene rings is 6. The van der Waals surface area contributed by atoms with Crippen LogP contribution in [0.5, 0.6) is 0 Å². The molecule has 8 aliphatic carbocycles. The molecule has 0 amide bonds. The highest BCUT2D eigenvalue weighted by Gasteiger charge is 2.76. The topological polar surface area (TPSA) is 0 Å². The van der Waals surface area contributed by atoms with Crippen LogP contribution in [0.3, 0.4) is 0 Å². The maximum absolute atomic E-state index is 3.82. The SMILES string of the molecule is CC12CC3(C)CC(c4ccc(C#Cc5ccccc5)cc4C#Cc4ccccc4)(C1)CC(C14CC5(C)CC(C)(CC(c6ccc(C#Cc7ccccc7)cc6C#Cc6ccccc6)(C5)C1)C4)(C2)C3. The van der Waals surface area contributed by atoms with Crippen molar-refractivity contribution in [3.63, 3.8) is 0 Å². The van der Waals surface area contributed by atoms with Crippen LogP contribution in [0.1, 0.15) is 160 Å². The molecule has 6 aromatic rings. The van der Waals surface area contributed by atoms with Crippen LogP contribution >= 0.6 is 0 Å². The van der Waals surface area contributed by atoms with Gasteiger partial charge in [0.25, 0.3) is 0 Å². The van der Waals surface area contributed by atoms with Gasteiger partial charge >= 0.3 is 0 Å². The van der Waals surface area contributed by atoms with E-state index in [1.54, 1.807) is 0 Å². The molecule has 8 bridgehead atoms. The second-order valence-electron chi connectivity index (χ2n) is 24.5. The molecular formula is C68H62. The Kier molecular flexibility index (Phi) is 9.80. The van der Waals surface area contributed by atoms with Crippen LogP contribution in [-0.4, -0.2) is 0 Å². The molecule has 0 nitrogen and oxygen atoms in total. The van der Waals surface area contributed by atoms with Gasteiger partial charge in [-0.15, -0.1) is 0 Å². The van der Waals surface area contributed by atoms with E-state index < -0.39 is 0 Å². The summed E-state index contributed by atoms with van der Waals surface area (Å²) in [7, 11) is 0. The highest BCUT2D eigenvalue weighted by molar-refractivity contribution is 5.58. The molecule has 334 valence electrons. The summed E-state index contributed by atoms with van der Waals surface area (Å²) >= 11 is 0. The molecule has 14 rings (SSSR count). The summed E-state index contributed by atoms with van der Waals surface area (Å²) in [5.41, 5.74) is 13.2. The van der Waals surface area contributed by atoms with Crippen molar-refractivity contribution in [2.24, 2.45) is 32.5 Å². The quantitative estimate of drug-likeness (QED) is 0.155. The first-order valence-electron chi connectivity index (χ1n) is 25.4. The van der Waals surface area contributed by atoms with Crippen LogP contribution in [0, 0.1) is 79.9 Å². The second-order valence-corrected chi connectivity index (χ2v) is 24.5. The van der Waals surface area contributed by atoms with Crippen molar-refractivity contribution < 1.29 is 0 Å². The van der Waals surface area contributed by atoms with Crippen LogP contribution in [0.15, 0.2) is 158 Å². The standard InChI is InChI=1S/C68H62/c1-61-39-62(2)42-65(41-61,59-35-31-55(27-25-51-17-9-5-10-18-51)37-57(59)33-29-53-21-13-7-14-22-53)49-67(45-61,46-62)68-47-63(3)40-64(4,48-68)44-66(43-63,50-68)60-36-32-56(28-26-52-19-11-6-12-20-52)38-58(60)34-30-54-23-15-8-16-24-54/h5-24,31-32,35-38H,39-50H2,1-4H3. The lowest BCUT2D eigenvalue weighted by molar-refractivity contribution is -0.275. The molecule has 4 unspecified atom stereocenters. The van der Waals surface area contributed by atoms with Gasteiger partial charge in [0, 0.05) is 44.5 Å². The Balaban J connectivity index is 0.990. The van der Waals surface area contributed by atoms with Crippen molar-refractivity contribution in [1.82, 2.24) is 0 Å². The molecule has 0 spiro atoms. The van der Waals surface area contributed by atoms with Crippen LogP contribution in [-0.2, 0) is 10.8 Å². The fourth-order valence-corrected chi connectivity index (χ4v) is 18.1. The number of hydrogen-bond donors (Lipinski definition) is 0. The molecule has 0 aliphatic heterocycles. The summed E-state index contributed by atoms with van der Waals surface area (Å²) in [6, 6.07) is 56.2. The van der Waals surface area contributed by atoms with Gasteiger partial charge in [-0.3, -0.25) is 0 Å². The van der Waals surface area contributed by atoms with Gasteiger partial charge in [-0.1, -0.05) is 160 Å². The van der Waals surface area contributed by atoms with Crippen LogP contribution < -0.4 is 0 Å². The van der Waals surface area contributed by atoms with E-state index >= 15 is 0 Å². The Morgan fingerprint density at radius 2 is 0.544 bits per heavy atom. The third-order valence-electron chi connectivity index (χ3n) is 18.0. The van der Waals surface area contributed by atoms with Gasteiger partial charge in [-0.2, -0.15) is 0 Å². The molecule has 0 saturated heterocycles. The van der Waals surface area contributed by atoms with Crippen LogP contribution in [0.4, 0.5) is 0 Å². The molecule has 0 radical (unpaired) electrons. The van der Waals surface area contributed by atoms with Gasteiger partial charge in [-0.05, 0) is 204 Å². The van der Waals surface area contributed by atoms with E-state index in [2.05, 4.69) is 233 Å². The van der Waals surface area contributed by atoms with Gasteiger partial charge in [0.15, 0.2) is 0 Å². The smallest absolute Gasteiger partial charge is 0.0299 e. The van der Waals surface area contributed by atoms with Gasteiger partial charge in [0.2, 0.25) is 0 Å². The minimum absolute atomic E-state index is 0.0496. The Morgan fingerprint density at radius 1 is 0.265 bits per heavy atom. The first-order chi connectivity index (χ1) is 32.8.